The van der Waals surface area contributed by atoms with Gasteiger partial charge in [-0.15, -0.1) is 5.10 Å². The number of aromatic nitrogens is 3. The third kappa shape index (κ3) is 7.49. The van der Waals surface area contributed by atoms with Crippen molar-refractivity contribution in [3.63, 3.8) is 0 Å². The van der Waals surface area contributed by atoms with E-state index in [0.717, 1.165) is 22.2 Å². The first-order valence-electron chi connectivity index (χ1n) is 14.1. The molecule has 1 aliphatic rings. The highest BCUT2D eigenvalue weighted by Gasteiger charge is 2.39. The highest BCUT2D eigenvalue weighted by molar-refractivity contribution is 6.30. The van der Waals surface area contributed by atoms with Crippen molar-refractivity contribution in [1.29, 1.82) is 0 Å². The van der Waals surface area contributed by atoms with Crippen molar-refractivity contribution in [2.24, 2.45) is 12.8 Å². The molecule has 3 aromatic carbocycles. The minimum atomic E-state index is -0.938. The van der Waals surface area contributed by atoms with Crippen LogP contribution < -0.4 is 11.1 Å². The Bertz CT molecular complexity index is 1580. The normalized spacial score (nSPS) is 15.7. The van der Waals surface area contributed by atoms with Crippen LogP contribution in [0.1, 0.15) is 23.1 Å². The molecule has 1 aromatic heterocycles. The van der Waals surface area contributed by atoms with Crippen LogP contribution >= 0.6 is 11.6 Å². The zero-order valence-corrected chi connectivity index (χ0v) is 24.6. The topological polar surface area (TPSA) is 136 Å². The van der Waals surface area contributed by atoms with Gasteiger partial charge in [0.15, 0.2) is 0 Å². The second-order valence-electron chi connectivity index (χ2n) is 10.6. The first-order chi connectivity index (χ1) is 20.8. The summed E-state index contributed by atoms with van der Waals surface area (Å²) >= 11 is 5.94. The number of hydrogen-bond acceptors (Lipinski definition) is 7. The average Bonchev–Trinajstić information content (AvgIpc) is 3.41. The van der Waals surface area contributed by atoms with E-state index in [1.807, 2.05) is 55.6 Å². The van der Waals surface area contributed by atoms with Crippen molar-refractivity contribution in [3.05, 3.63) is 94.5 Å². The predicted octanol–water partition coefficient (Wildman–Crippen LogP) is 3.05. The lowest BCUT2D eigenvalue weighted by atomic mass is 10.0. The second-order valence-corrected chi connectivity index (χ2v) is 11.0. The van der Waals surface area contributed by atoms with Crippen LogP contribution in [0.15, 0.2) is 72.8 Å². The molecule has 0 aliphatic carbocycles. The molecule has 12 heteroatoms. The molecule has 224 valence electrons. The van der Waals surface area contributed by atoms with Gasteiger partial charge in [-0.2, -0.15) is 0 Å². The Kier molecular flexibility index (Phi) is 9.53. The van der Waals surface area contributed by atoms with Gasteiger partial charge >= 0.3 is 6.09 Å². The number of fused-ring (bicyclic) bond motifs is 1. The third-order valence-corrected chi connectivity index (χ3v) is 7.80. The number of amides is 3. The Labute approximate surface area is 254 Å². The molecule has 1 aliphatic heterocycles. The van der Waals surface area contributed by atoms with Crippen LogP contribution in [-0.4, -0.2) is 74.4 Å². The van der Waals surface area contributed by atoms with Crippen molar-refractivity contribution >= 4 is 40.5 Å². The number of rotatable bonds is 9. The highest BCUT2D eigenvalue weighted by Crippen LogP contribution is 2.17. The standard InChI is InChI=1S/C31H34ClN7O4/c1-37-27-14-10-23(17-26(27)35-36-37)18-34-29(40)28-19-38(31(42)43-20-22-7-11-24(32)12-8-22)15-16-39(28)30(41)25(33)13-9-21-5-3-2-4-6-21/h2-8,10-12,14,17,25,28H,9,13,15-16,18-20,33H2,1H3,(H,34,40). The van der Waals surface area contributed by atoms with E-state index in [2.05, 4.69) is 15.6 Å². The third-order valence-electron chi connectivity index (χ3n) is 7.55. The van der Waals surface area contributed by atoms with E-state index >= 15 is 0 Å². The lowest BCUT2D eigenvalue weighted by Gasteiger charge is -2.41. The lowest BCUT2D eigenvalue weighted by molar-refractivity contribution is -0.144. The maximum atomic E-state index is 13.6. The van der Waals surface area contributed by atoms with E-state index in [0.29, 0.717) is 23.4 Å². The minimum Gasteiger partial charge on any atom is -0.445 e. The maximum absolute atomic E-state index is 13.6. The van der Waals surface area contributed by atoms with E-state index in [9.17, 15) is 14.4 Å². The molecule has 1 saturated heterocycles. The van der Waals surface area contributed by atoms with Gasteiger partial charge in [-0.25, -0.2) is 9.48 Å². The number of hydrogen-bond donors (Lipinski definition) is 2. The van der Waals surface area contributed by atoms with Gasteiger partial charge in [0, 0.05) is 31.7 Å². The summed E-state index contributed by atoms with van der Waals surface area (Å²) in [6, 6.07) is 20.7. The smallest absolute Gasteiger partial charge is 0.410 e. The number of nitrogens with one attached hydrogen (secondary N) is 1. The molecule has 0 bridgehead atoms. The number of carbonyl (C=O) groups excluding carboxylic acids is 3. The fraction of sp³-hybridized carbons (Fsp3) is 0.323. The molecular weight excluding hydrogens is 570 g/mol. The number of benzene rings is 3. The molecule has 3 amide bonds. The zero-order chi connectivity index (χ0) is 30.3. The zero-order valence-electron chi connectivity index (χ0n) is 23.9. The fourth-order valence-corrected chi connectivity index (χ4v) is 5.19. The SMILES string of the molecule is Cn1nnc2cc(CNC(=O)C3CN(C(=O)OCc4ccc(Cl)cc4)CCN3C(=O)C(N)CCc3ccccc3)ccc21. The van der Waals surface area contributed by atoms with Gasteiger partial charge in [-0.05, 0) is 53.8 Å². The van der Waals surface area contributed by atoms with Crippen molar-refractivity contribution < 1.29 is 19.1 Å². The van der Waals surface area contributed by atoms with Crippen LogP contribution in [0.4, 0.5) is 4.79 Å². The second kappa shape index (κ2) is 13.7. The van der Waals surface area contributed by atoms with Crippen LogP contribution in [0.2, 0.25) is 5.02 Å². The van der Waals surface area contributed by atoms with Gasteiger partial charge in [-0.1, -0.05) is 65.3 Å². The molecule has 2 unspecified atom stereocenters. The molecule has 1 fully saturated rings. The summed E-state index contributed by atoms with van der Waals surface area (Å²) in [7, 11) is 1.81. The molecule has 4 aromatic rings. The molecule has 3 N–H and O–H groups in total. The Balaban J connectivity index is 1.26. The van der Waals surface area contributed by atoms with E-state index < -0.39 is 24.1 Å². The Hall–Kier alpha value is -4.48. The summed E-state index contributed by atoms with van der Waals surface area (Å²) in [5.74, 6) is -0.718. The van der Waals surface area contributed by atoms with Gasteiger partial charge in [0.25, 0.3) is 0 Å². The van der Waals surface area contributed by atoms with Crippen LogP contribution in [0.3, 0.4) is 0 Å². The molecule has 2 heterocycles. The molecule has 43 heavy (non-hydrogen) atoms. The number of piperazine rings is 1. The molecule has 0 radical (unpaired) electrons. The molecule has 5 rings (SSSR count). The van der Waals surface area contributed by atoms with Crippen LogP contribution in [-0.2, 0) is 40.9 Å². The summed E-state index contributed by atoms with van der Waals surface area (Å²) in [6.07, 6.45) is 0.492. The van der Waals surface area contributed by atoms with Gasteiger partial charge in [-0.3, -0.25) is 9.59 Å². The molecule has 2 atom stereocenters. The number of nitrogens with zero attached hydrogens (tertiary/aromatic N) is 5. The van der Waals surface area contributed by atoms with Crippen molar-refractivity contribution in [1.82, 2.24) is 30.1 Å². The summed E-state index contributed by atoms with van der Waals surface area (Å²) in [4.78, 5) is 43.0. The number of ether oxygens (including phenoxy) is 1. The number of nitrogens with two attached hydrogens (primary N) is 1. The maximum Gasteiger partial charge on any atom is 0.410 e. The van der Waals surface area contributed by atoms with Crippen molar-refractivity contribution in [2.45, 2.75) is 38.1 Å². The number of aryl methyl sites for hydroxylation is 2. The van der Waals surface area contributed by atoms with Crippen LogP contribution in [0.25, 0.3) is 11.0 Å². The summed E-state index contributed by atoms with van der Waals surface area (Å²) in [5, 5.41) is 11.7. The Morgan fingerprint density at radius 1 is 1.02 bits per heavy atom. The van der Waals surface area contributed by atoms with E-state index in [4.69, 9.17) is 22.1 Å². The van der Waals surface area contributed by atoms with Crippen LogP contribution in [0, 0.1) is 0 Å². The fourth-order valence-electron chi connectivity index (χ4n) is 5.06. The summed E-state index contributed by atoms with van der Waals surface area (Å²) < 4.78 is 7.18. The largest absolute Gasteiger partial charge is 0.445 e. The quantitative estimate of drug-likeness (QED) is 0.300. The van der Waals surface area contributed by atoms with Crippen LogP contribution in [0.5, 0.6) is 0 Å². The van der Waals surface area contributed by atoms with Gasteiger partial charge in [0.1, 0.15) is 18.2 Å². The van der Waals surface area contributed by atoms with E-state index in [1.54, 1.807) is 28.9 Å². The van der Waals surface area contributed by atoms with Crippen molar-refractivity contribution in [2.75, 3.05) is 19.6 Å². The Morgan fingerprint density at radius 3 is 2.53 bits per heavy atom. The lowest BCUT2D eigenvalue weighted by Crippen LogP contribution is -2.63. The van der Waals surface area contributed by atoms with Crippen molar-refractivity contribution in [3.8, 4) is 0 Å². The van der Waals surface area contributed by atoms with E-state index in [-0.39, 0.29) is 38.7 Å². The minimum absolute atomic E-state index is 0.0222. The van der Waals surface area contributed by atoms with Gasteiger partial charge < -0.3 is 25.6 Å². The number of halogens is 1. The van der Waals surface area contributed by atoms with Gasteiger partial charge in [0.2, 0.25) is 11.8 Å². The molecule has 11 nitrogen and oxygen atoms in total. The summed E-state index contributed by atoms with van der Waals surface area (Å²) in [6.45, 7) is 0.610. The highest BCUT2D eigenvalue weighted by atomic mass is 35.5. The van der Waals surface area contributed by atoms with E-state index in [1.165, 1.54) is 9.80 Å². The predicted molar refractivity (Wildman–Crippen MR) is 162 cm³/mol. The Morgan fingerprint density at radius 2 is 1.77 bits per heavy atom. The van der Waals surface area contributed by atoms with Gasteiger partial charge in [0.05, 0.1) is 18.1 Å². The first kappa shape index (κ1) is 30.0. The molecule has 0 spiro atoms. The first-order valence-corrected chi connectivity index (χ1v) is 14.5. The monoisotopic (exact) mass is 603 g/mol. The molecule has 0 saturated carbocycles. The average molecular weight is 604 g/mol. The summed E-state index contributed by atoms with van der Waals surface area (Å²) in [5.41, 5.74) is 10.6. The number of carbonyl (C=O) groups is 3. The molecular formula is C31H34ClN7O4.